The van der Waals surface area contributed by atoms with Crippen LogP contribution < -0.4 is 5.32 Å². The number of rotatable bonds is 4. The molecule has 2 saturated heterocycles. The molecule has 2 heterocycles. The smallest absolute Gasteiger partial charge is 0.216 e. The van der Waals surface area contributed by atoms with Crippen molar-refractivity contribution in [2.45, 2.75) is 37.8 Å². The predicted octanol–water partition coefficient (Wildman–Crippen LogP) is 0.179. The zero-order valence-electron chi connectivity index (χ0n) is 10.4. The number of nitrogens with zero attached hydrogens (tertiary/aromatic N) is 1. The van der Waals surface area contributed by atoms with Crippen LogP contribution in [0.4, 0.5) is 0 Å². The molecule has 0 spiro atoms. The molecule has 0 amide bonds. The molecule has 1 N–H and O–H groups in total. The second kappa shape index (κ2) is 5.65. The Hall–Kier alpha value is -0.170. The molecule has 6 heteroatoms. The van der Waals surface area contributed by atoms with Gasteiger partial charge >= 0.3 is 0 Å². The Bertz CT molecular complexity index is 333. The summed E-state index contributed by atoms with van der Waals surface area (Å²) < 4.78 is 31.4. The average Bonchev–Trinajstić information content (AvgIpc) is 2.82. The molecule has 2 rings (SSSR count). The van der Waals surface area contributed by atoms with Crippen molar-refractivity contribution in [3.05, 3.63) is 0 Å². The number of sulfonamides is 1. The number of ether oxygens (including phenoxy) is 1. The van der Waals surface area contributed by atoms with Gasteiger partial charge in [0.25, 0.3) is 0 Å². The van der Waals surface area contributed by atoms with Gasteiger partial charge in [0.2, 0.25) is 10.0 Å². The third-order valence-electron chi connectivity index (χ3n) is 3.66. The molecule has 0 radical (unpaired) electrons. The van der Waals surface area contributed by atoms with Crippen LogP contribution in [-0.2, 0) is 14.8 Å². The van der Waals surface area contributed by atoms with E-state index in [1.807, 2.05) is 0 Å². The molecule has 2 aliphatic heterocycles. The first-order chi connectivity index (χ1) is 8.09. The second-order valence-corrected chi connectivity index (χ2v) is 7.00. The Balaban J connectivity index is 1.92. The Kier molecular flexibility index (Phi) is 4.41. The van der Waals surface area contributed by atoms with E-state index in [9.17, 15) is 8.42 Å². The van der Waals surface area contributed by atoms with E-state index in [1.165, 1.54) is 4.31 Å². The molecular formula is C11H22N2O3S. The van der Waals surface area contributed by atoms with Gasteiger partial charge in [-0.05, 0) is 32.2 Å². The lowest BCUT2D eigenvalue weighted by molar-refractivity contribution is 0.0298. The van der Waals surface area contributed by atoms with Gasteiger partial charge in [0.05, 0.1) is 11.9 Å². The van der Waals surface area contributed by atoms with Crippen LogP contribution in [0, 0.1) is 0 Å². The van der Waals surface area contributed by atoms with Gasteiger partial charge in [-0.2, -0.15) is 0 Å². The molecule has 0 aromatic rings. The van der Waals surface area contributed by atoms with Crippen molar-refractivity contribution in [1.29, 1.82) is 0 Å². The molecular weight excluding hydrogens is 240 g/mol. The van der Waals surface area contributed by atoms with E-state index in [2.05, 4.69) is 5.32 Å². The van der Waals surface area contributed by atoms with Crippen molar-refractivity contribution in [1.82, 2.24) is 9.62 Å². The minimum atomic E-state index is -3.18. The van der Waals surface area contributed by atoms with E-state index < -0.39 is 10.0 Å². The topological polar surface area (TPSA) is 58.6 Å². The molecule has 0 aromatic heterocycles. The minimum absolute atomic E-state index is 0.106. The van der Waals surface area contributed by atoms with Gasteiger partial charge in [0.15, 0.2) is 0 Å². The fourth-order valence-corrected chi connectivity index (χ4v) is 4.07. The lowest BCUT2D eigenvalue weighted by atomic mass is 10.1. The Morgan fingerprint density at radius 1 is 1.35 bits per heavy atom. The number of hydrogen-bond acceptors (Lipinski definition) is 4. The molecule has 2 aliphatic rings. The molecule has 0 bridgehead atoms. The van der Waals surface area contributed by atoms with Crippen molar-refractivity contribution < 1.29 is 13.2 Å². The summed E-state index contributed by atoms with van der Waals surface area (Å²) in [5.41, 5.74) is 0. The van der Waals surface area contributed by atoms with Gasteiger partial charge < -0.3 is 10.1 Å². The highest BCUT2D eigenvalue weighted by Gasteiger charge is 2.31. The van der Waals surface area contributed by atoms with Crippen molar-refractivity contribution in [2.24, 2.45) is 0 Å². The third-order valence-corrected chi connectivity index (χ3v) is 5.63. The van der Waals surface area contributed by atoms with Gasteiger partial charge in [-0.15, -0.1) is 0 Å². The van der Waals surface area contributed by atoms with Crippen LogP contribution in [0.3, 0.4) is 0 Å². The van der Waals surface area contributed by atoms with Crippen LogP contribution >= 0.6 is 0 Å². The molecule has 0 aromatic carbocycles. The van der Waals surface area contributed by atoms with Crippen LogP contribution in [0.25, 0.3) is 0 Å². The highest BCUT2D eigenvalue weighted by molar-refractivity contribution is 7.89. The van der Waals surface area contributed by atoms with E-state index in [-0.39, 0.29) is 17.9 Å². The molecule has 5 nitrogen and oxygen atoms in total. The Morgan fingerprint density at radius 3 is 2.76 bits per heavy atom. The molecule has 0 saturated carbocycles. The van der Waals surface area contributed by atoms with Crippen LogP contribution in [-0.4, -0.2) is 57.4 Å². The van der Waals surface area contributed by atoms with Crippen molar-refractivity contribution in [3.63, 3.8) is 0 Å². The highest BCUT2D eigenvalue weighted by Crippen LogP contribution is 2.18. The van der Waals surface area contributed by atoms with E-state index in [1.54, 1.807) is 7.05 Å². The summed E-state index contributed by atoms with van der Waals surface area (Å²) in [5, 5.41) is 3.19. The molecule has 17 heavy (non-hydrogen) atoms. The van der Waals surface area contributed by atoms with Gasteiger partial charge in [0, 0.05) is 26.2 Å². The first-order valence-electron chi connectivity index (χ1n) is 6.37. The number of hydrogen-bond donors (Lipinski definition) is 1. The lowest BCUT2D eigenvalue weighted by Gasteiger charge is -2.27. The normalized spacial score (nSPS) is 30.9. The minimum Gasteiger partial charge on any atom is -0.377 e. The summed E-state index contributed by atoms with van der Waals surface area (Å²) in [6.45, 7) is 2.38. The molecule has 100 valence electrons. The summed E-state index contributed by atoms with van der Waals surface area (Å²) in [7, 11) is -1.48. The van der Waals surface area contributed by atoms with Gasteiger partial charge in [-0.3, -0.25) is 0 Å². The van der Waals surface area contributed by atoms with Crippen molar-refractivity contribution in [2.75, 3.05) is 32.5 Å². The van der Waals surface area contributed by atoms with Gasteiger partial charge in [-0.1, -0.05) is 0 Å². The second-order valence-electron chi connectivity index (χ2n) is 4.93. The average molecular weight is 262 g/mol. The third kappa shape index (κ3) is 3.40. The van der Waals surface area contributed by atoms with Gasteiger partial charge in [-0.25, -0.2) is 12.7 Å². The molecule has 2 unspecified atom stereocenters. The van der Waals surface area contributed by atoms with Crippen molar-refractivity contribution in [3.8, 4) is 0 Å². The van der Waals surface area contributed by atoms with Crippen molar-refractivity contribution >= 4 is 10.0 Å². The summed E-state index contributed by atoms with van der Waals surface area (Å²) in [5.74, 6) is 0.139. The van der Waals surface area contributed by atoms with E-state index in [0.29, 0.717) is 6.61 Å². The van der Waals surface area contributed by atoms with E-state index in [0.717, 1.165) is 38.8 Å². The highest BCUT2D eigenvalue weighted by atomic mass is 32.2. The molecule has 2 atom stereocenters. The van der Waals surface area contributed by atoms with Crippen LogP contribution in [0.1, 0.15) is 25.7 Å². The quantitative estimate of drug-likeness (QED) is 0.785. The maximum atomic E-state index is 12.2. The summed E-state index contributed by atoms with van der Waals surface area (Å²) >= 11 is 0. The van der Waals surface area contributed by atoms with Crippen LogP contribution in [0.15, 0.2) is 0 Å². The van der Waals surface area contributed by atoms with E-state index in [4.69, 9.17) is 4.74 Å². The first-order valence-corrected chi connectivity index (χ1v) is 7.98. The van der Waals surface area contributed by atoms with Crippen LogP contribution in [0.2, 0.25) is 0 Å². The Labute approximate surface area is 104 Å². The zero-order chi connectivity index (χ0) is 12.3. The fourth-order valence-electron chi connectivity index (χ4n) is 2.47. The SMILES string of the molecule is CN(C1CCNC1)S(=O)(=O)CC1CCCCO1. The number of likely N-dealkylation sites (N-methyl/N-ethyl adjacent to an activating group) is 1. The van der Waals surface area contributed by atoms with Crippen LogP contribution in [0.5, 0.6) is 0 Å². The summed E-state index contributed by atoms with van der Waals surface area (Å²) in [6, 6.07) is 0.114. The summed E-state index contributed by atoms with van der Waals surface area (Å²) in [4.78, 5) is 0. The largest absolute Gasteiger partial charge is 0.377 e. The lowest BCUT2D eigenvalue weighted by Crippen LogP contribution is -2.42. The standard InChI is InChI=1S/C11H22N2O3S/c1-13(10-5-6-12-8-10)17(14,15)9-11-4-2-3-7-16-11/h10-12H,2-9H2,1H3. The molecule has 0 aliphatic carbocycles. The zero-order valence-corrected chi connectivity index (χ0v) is 11.2. The van der Waals surface area contributed by atoms with Gasteiger partial charge in [0.1, 0.15) is 0 Å². The monoisotopic (exact) mass is 262 g/mol. The van der Waals surface area contributed by atoms with E-state index >= 15 is 0 Å². The maximum Gasteiger partial charge on any atom is 0.216 e. The number of nitrogens with one attached hydrogen (secondary N) is 1. The Morgan fingerprint density at radius 2 is 2.18 bits per heavy atom. The fraction of sp³-hybridized carbons (Fsp3) is 1.00. The first kappa shape index (κ1) is 13.3. The summed E-state index contributed by atoms with van der Waals surface area (Å²) in [6.07, 6.45) is 3.80. The molecule has 2 fully saturated rings. The maximum absolute atomic E-state index is 12.2. The predicted molar refractivity (Wildman–Crippen MR) is 66.4 cm³/mol.